The van der Waals surface area contributed by atoms with Crippen molar-refractivity contribution in [2.75, 3.05) is 13.2 Å². The fourth-order valence-electron chi connectivity index (χ4n) is 2.08. The Morgan fingerprint density at radius 3 is 2.19 bits per heavy atom. The largest absolute Gasteiger partial charge is 0.387 e. The second-order valence-electron chi connectivity index (χ2n) is 5.98. The van der Waals surface area contributed by atoms with Crippen LogP contribution in [0.25, 0.3) is 0 Å². The summed E-state index contributed by atoms with van der Waals surface area (Å²) in [5.74, 6) is -0.259. The van der Waals surface area contributed by atoms with Crippen LogP contribution in [0.4, 0.5) is 0 Å². The zero-order valence-electron chi connectivity index (χ0n) is 14.1. The Labute approximate surface area is 128 Å². The third-order valence-electron chi connectivity index (χ3n) is 4.18. The van der Waals surface area contributed by atoms with Crippen LogP contribution in [-0.2, 0) is 14.3 Å². The molecule has 0 aromatic carbocycles. The average molecular weight is 301 g/mol. The Balaban J connectivity index is 4.54. The molecule has 21 heavy (non-hydrogen) atoms. The van der Waals surface area contributed by atoms with Crippen molar-refractivity contribution in [3.05, 3.63) is 0 Å². The highest BCUT2D eigenvalue weighted by atomic mass is 16.5. The number of hydrogen-bond donors (Lipinski definition) is 2. The van der Waals surface area contributed by atoms with Crippen LogP contribution in [0.3, 0.4) is 0 Å². The minimum Gasteiger partial charge on any atom is -0.387 e. The van der Waals surface area contributed by atoms with Gasteiger partial charge in [0.2, 0.25) is 5.91 Å². The summed E-state index contributed by atoms with van der Waals surface area (Å²) in [5, 5.41) is 11.6. The molecule has 0 aromatic heterocycles. The average Bonchev–Trinajstić information content (AvgIpc) is 2.46. The zero-order chi connectivity index (χ0) is 16.5. The van der Waals surface area contributed by atoms with E-state index in [1.807, 2.05) is 34.6 Å². The molecule has 124 valence electrons. The lowest BCUT2D eigenvalue weighted by Gasteiger charge is -2.32. The highest BCUT2D eigenvalue weighted by Crippen LogP contribution is 2.22. The summed E-state index contributed by atoms with van der Waals surface area (Å²) < 4.78 is 5.84. The third kappa shape index (κ3) is 6.57. The maximum atomic E-state index is 12.1. The van der Waals surface area contributed by atoms with Crippen molar-refractivity contribution in [2.24, 2.45) is 0 Å². The lowest BCUT2D eigenvalue weighted by atomic mass is 9.92. The first-order chi connectivity index (χ1) is 9.76. The van der Waals surface area contributed by atoms with Crippen LogP contribution in [0.15, 0.2) is 0 Å². The molecule has 5 heteroatoms. The first kappa shape index (κ1) is 20.1. The van der Waals surface area contributed by atoms with Gasteiger partial charge in [-0.15, -0.1) is 0 Å². The fourth-order valence-corrected chi connectivity index (χ4v) is 2.08. The van der Waals surface area contributed by atoms with Crippen LogP contribution in [0.2, 0.25) is 0 Å². The van der Waals surface area contributed by atoms with Crippen molar-refractivity contribution in [2.45, 2.75) is 77.9 Å². The summed E-state index contributed by atoms with van der Waals surface area (Å²) in [6.07, 6.45) is 3.31. The third-order valence-corrected chi connectivity index (χ3v) is 4.18. The van der Waals surface area contributed by atoms with Crippen LogP contribution in [0, 0.1) is 0 Å². The normalized spacial score (nSPS) is 16.9. The molecular weight excluding hydrogens is 270 g/mol. The van der Waals surface area contributed by atoms with E-state index in [1.165, 1.54) is 0 Å². The number of Topliss-reactive ketones (excluding diaryl/α,β-unsaturated/α-hetero) is 1. The number of rotatable bonds is 11. The van der Waals surface area contributed by atoms with E-state index < -0.39 is 17.7 Å². The molecule has 1 amide bonds. The molecule has 0 bridgehead atoms. The fraction of sp³-hybridized carbons (Fsp3) is 0.875. The topological polar surface area (TPSA) is 75.6 Å². The molecule has 0 radical (unpaired) electrons. The van der Waals surface area contributed by atoms with Gasteiger partial charge in [-0.2, -0.15) is 0 Å². The van der Waals surface area contributed by atoms with Gasteiger partial charge >= 0.3 is 0 Å². The molecule has 2 unspecified atom stereocenters. The molecule has 2 atom stereocenters. The van der Waals surface area contributed by atoms with E-state index in [9.17, 15) is 9.59 Å². The number of aliphatic hydroxyl groups excluding tert-OH is 1. The number of aliphatic hydroxyl groups is 1. The van der Waals surface area contributed by atoms with Crippen molar-refractivity contribution in [3.8, 4) is 0 Å². The highest BCUT2D eigenvalue weighted by Gasteiger charge is 2.32. The predicted octanol–water partition coefficient (Wildman–Crippen LogP) is 2.21. The summed E-state index contributed by atoms with van der Waals surface area (Å²) in [6.45, 7) is 9.53. The van der Waals surface area contributed by atoms with E-state index in [-0.39, 0.29) is 11.7 Å². The summed E-state index contributed by atoms with van der Waals surface area (Å²) in [6, 6.07) is 0. The Bertz CT molecular complexity index is 345. The van der Waals surface area contributed by atoms with Gasteiger partial charge in [-0.05, 0) is 39.5 Å². The van der Waals surface area contributed by atoms with Gasteiger partial charge in [-0.3, -0.25) is 9.59 Å². The van der Waals surface area contributed by atoms with Gasteiger partial charge in [-0.25, -0.2) is 0 Å². The second kappa shape index (κ2) is 9.15. The molecule has 0 saturated carbocycles. The van der Waals surface area contributed by atoms with Crippen molar-refractivity contribution < 1.29 is 19.4 Å². The van der Waals surface area contributed by atoms with Gasteiger partial charge < -0.3 is 15.2 Å². The van der Waals surface area contributed by atoms with Crippen LogP contribution < -0.4 is 5.32 Å². The minimum absolute atomic E-state index is 0.130. The molecule has 0 fully saturated rings. The lowest BCUT2D eigenvalue weighted by molar-refractivity contribution is -0.144. The zero-order valence-corrected chi connectivity index (χ0v) is 14.1. The summed E-state index contributed by atoms with van der Waals surface area (Å²) >= 11 is 0. The number of nitrogens with one attached hydrogen (secondary N) is 1. The van der Waals surface area contributed by atoms with Gasteiger partial charge in [0.05, 0.1) is 6.61 Å². The van der Waals surface area contributed by atoms with Gasteiger partial charge in [0, 0.05) is 12.0 Å². The van der Waals surface area contributed by atoms with E-state index >= 15 is 0 Å². The summed E-state index contributed by atoms with van der Waals surface area (Å²) in [7, 11) is 0. The maximum absolute atomic E-state index is 12.1. The number of ether oxygens (including phenoxy) is 1. The molecule has 2 N–H and O–H groups in total. The number of amides is 1. The SMILES string of the molecule is CCCC(=O)C(C)(CC)OCCC(C)(CC)NC(=O)CO. The molecule has 5 nitrogen and oxygen atoms in total. The molecule has 0 rings (SSSR count). The lowest BCUT2D eigenvalue weighted by Crippen LogP contribution is -2.48. The first-order valence-corrected chi connectivity index (χ1v) is 7.86. The van der Waals surface area contributed by atoms with Crippen molar-refractivity contribution >= 4 is 11.7 Å². The van der Waals surface area contributed by atoms with Crippen LogP contribution in [0.1, 0.15) is 66.7 Å². The van der Waals surface area contributed by atoms with Gasteiger partial charge in [0.25, 0.3) is 0 Å². The monoisotopic (exact) mass is 301 g/mol. The Kier molecular flexibility index (Phi) is 8.74. The smallest absolute Gasteiger partial charge is 0.246 e. The Hall–Kier alpha value is -0.940. The number of hydrogen-bond acceptors (Lipinski definition) is 4. The number of carbonyl (C=O) groups is 2. The van der Waals surface area contributed by atoms with Crippen LogP contribution in [0.5, 0.6) is 0 Å². The number of carbonyl (C=O) groups excluding carboxylic acids is 2. The van der Waals surface area contributed by atoms with E-state index in [1.54, 1.807) is 0 Å². The maximum Gasteiger partial charge on any atom is 0.246 e. The van der Waals surface area contributed by atoms with Crippen molar-refractivity contribution in [1.29, 1.82) is 0 Å². The highest BCUT2D eigenvalue weighted by molar-refractivity contribution is 5.86. The molecule has 0 aliphatic carbocycles. The molecule has 0 aliphatic heterocycles. The molecule has 0 aliphatic rings. The molecule has 0 saturated heterocycles. The van der Waals surface area contributed by atoms with Crippen molar-refractivity contribution in [3.63, 3.8) is 0 Å². The summed E-state index contributed by atoms with van der Waals surface area (Å²) in [4.78, 5) is 23.5. The van der Waals surface area contributed by atoms with Gasteiger partial charge in [-0.1, -0.05) is 20.8 Å². The van der Waals surface area contributed by atoms with Crippen molar-refractivity contribution in [1.82, 2.24) is 5.32 Å². The Morgan fingerprint density at radius 1 is 1.14 bits per heavy atom. The number of ketones is 1. The summed E-state index contributed by atoms with van der Waals surface area (Å²) in [5.41, 5.74) is -1.17. The molecule has 0 aromatic rings. The predicted molar refractivity (Wildman–Crippen MR) is 83.1 cm³/mol. The Morgan fingerprint density at radius 2 is 1.76 bits per heavy atom. The van der Waals surface area contributed by atoms with Gasteiger partial charge in [0.1, 0.15) is 12.2 Å². The first-order valence-electron chi connectivity index (χ1n) is 7.86. The molecule has 0 spiro atoms. The molecule has 0 heterocycles. The van der Waals surface area contributed by atoms with E-state index in [0.29, 0.717) is 25.9 Å². The van der Waals surface area contributed by atoms with Gasteiger partial charge in [0.15, 0.2) is 5.78 Å². The van der Waals surface area contributed by atoms with E-state index in [0.717, 1.165) is 12.8 Å². The van der Waals surface area contributed by atoms with Crippen LogP contribution in [-0.4, -0.2) is 41.2 Å². The van der Waals surface area contributed by atoms with E-state index in [4.69, 9.17) is 9.84 Å². The standard InChI is InChI=1S/C16H31NO4/c1-6-9-13(19)16(5,8-3)21-11-10-15(4,7-2)17-14(20)12-18/h18H,6-12H2,1-5H3,(H,17,20). The minimum atomic E-state index is -0.744. The quantitative estimate of drug-likeness (QED) is 0.613. The van der Waals surface area contributed by atoms with E-state index in [2.05, 4.69) is 5.32 Å². The second-order valence-corrected chi connectivity index (χ2v) is 5.98. The van der Waals surface area contributed by atoms with Crippen LogP contribution >= 0.6 is 0 Å². The molecular formula is C16H31NO4.